The lowest BCUT2D eigenvalue weighted by Crippen LogP contribution is -2.28. The molecular weight excluding hydrogens is 739 g/mol. The molecule has 0 bridgehead atoms. The molecule has 0 saturated heterocycles. The standard InChI is InChI=1S/C44H29N.C7H8N2.C7H8/c45-28-39-36-18-7-6-16-34(36)35-17-8-9-19-37(35)42(39)30-22-25-32(26-23-30)44(31-13-2-1-3-14-31)40-21-11-10-20-38(40)43-33-15-5-4-12-29(33)24-27-41(43)44;8-7(9)6-4-2-1-3-5-6;1-7-5-3-2-4-6-7/h1-28,45H;1-5H,(H3,8,9);2-6H,1H3. The number of hydrogen-bond acceptors (Lipinski definition) is 2. The van der Waals surface area contributed by atoms with Gasteiger partial charge in [0.1, 0.15) is 5.84 Å². The van der Waals surface area contributed by atoms with Crippen LogP contribution in [0.15, 0.2) is 224 Å². The molecule has 0 aliphatic heterocycles. The molecule has 10 aromatic carbocycles. The predicted molar refractivity (Wildman–Crippen MR) is 258 cm³/mol. The number of fused-ring (bicyclic) bond motifs is 8. The second-order valence-electron chi connectivity index (χ2n) is 15.4. The van der Waals surface area contributed by atoms with Crippen molar-refractivity contribution < 1.29 is 0 Å². The fraction of sp³-hybridized carbons (Fsp3) is 0.0345. The average Bonchev–Trinajstić information content (AvgIpc) is 3.64. The van der Waals surface area contributed by atoms with Crippen LogP contribution >= 0.6 is 0 Å². The van der Waals surface area contributed by atoms with E-state index in [2.05, 4.69) is 183 Å². The Kier molecular flexibility index (Phi) is 10.6. The minimum atomic E-state index is -0.467. The Morgan fingerprint density at radius 2 is 0.951 bits per heavy atom. The third-order valence-corrected chi connectivity index (χ3v) is 11.9. The number of hydrogen-bond donors (Lipinski definition) is 3. The van der Waals surface area contributed by atoms with Crippen LogP contribution in [0, 0.1) is 17.7 Å². The summed E-state index contributed by atoms with van der Waals surface area (Å²) in [5.74, 6) is 0.121. The van der Waals surface area contributed by atoms with Crippen molar-refractivity contribution in [3.8, 4) is 22.3 Å². The molecule has 0 fully saturated rings. The largest absolute Gasteiger partial charge is 0.384 e. The lowest BCUT2D eigenvalue weighted by molar-refractivity contribution is 0.769. The zero-order valence-corrected chi connectivity index (χ0v) is 34.0. The number of nitrogens with one attached hydrogen (secondary N) is 2. The first kappa shape index (κ1) is 38.6. The van der Waals surface area contributed by atoms with Crippen molar-refractivity contribution in [1.29, 1.82) is 10.8 Å². The third-order valence-electron chi connectivity index (χ3n) is 11.9. The Hall–Kier alpha value is -7.88. The van der Waals surface area contributed by atoms with Crippen molar-refractivity contribution in [3.63, 3.8) is 0 Å². The number of amidine groups is 1. The number of aryl methyl sites for hydroxylation is 1. The number of benzene rings is 10. The molecule has 0 spiro atoms. The molecule has 4 N–H and O–H groups in total. The van der Waals surface area contributed by atoms with E-state index in [0.717, 1.165) is 27.6 Å². The molecule has 1 atom stereocenters. The lowest BCUT2D eigenvalue weighted by atomic mass is 9.67. The Morgan fingerprint density at radius 3 is 1.56 bits per heavy atom. The highest BCUT2D eigenvalue weighted by molar-refractivity contribution is 6.21. The van der Waals surface area contributed by atoms with Crippen LogP contribution in [0.5, 0.6) is 0 Å². The number of nitrogen functional groups attached to an aromatic ring is 1. The summed E-state index contributed by atoms with van der Waals surface area (Å²) in [6.45, 7) is 2.08. The Labute approximate surface area is 357 Å². The van der Waals surface area contributed by atoms with Crippen molar-refractivity contribution in [1.82, 2.24) is 0 Å². The normalized spacial score (nSPS) is 13.6. The van der Waals surface area contributed by atoms with E-state index in [-0.39, 0.29) is 5.84 Å². The molecule has 1 aliphatic carbocycles. The van der Waals surface area contributed by atoms with E-state index >= 15 is 0 Å². The molecule has 1 unspecified atom stereocenters. The Morgan fingerprint density at radius 1 is 0.443 bits per heavy atom. The minimum absolute atomic E-state index is 0.121. The molecule has 3 nitrogen and oxygen atoms in total. The molecule has 11 rings (SSSR count). The fourth-order valence-electron chi connectivity index (χ4n) is 9.19. The molecule has 10 aromatic rings. The van der Waals surface area contributed by atoms with E-state index < -0.39 is 5.41 Å². The molecule has 0 radical (unpaired) electrons. The fourth-order valence-corrected chi connectivity index (χ4v) is 9.19. The Bertz CT molecular complexity index is 3170. The minimum Gasteiger partial charge on any atom is -0.384 e. The van der Waals surface area contributed by atoms with E-state index in [1.807, 2.05) is 48.5 Å². The first-order valence-corrected chi connectivity index (χ1v) is 20.6. The molecule has 292 valence electrons. The van der Waals surface area contributed by atoms with Crippen LogP contribution in [-0.2, 0) is 5.41 Å². The summed E-state index contributed by atoms with van der Waals surface area (Å²) in [5, 5.41) is 22.7. The van der Waals surface area contributed by atoms with Gasteiger partial charge in [0.15, 0.2) is 0 Å². The third kappa shape index (κ3) is 6.96. The summed E-state index contributed by atoms with van der Waals surface area (Å²) in [6, 6.07) is 79.0. The summed E-state index contributed by atoms with van der Waals surface area (Å²) in [7, 11) is 0. The molecule has 0 aromatic heterocycles. The van der Waals surface area contributed by atoms with Gasteiger partial charge < -0.3 is 11.1 Å². The van der Waals surface area contributed by atoms with Crippen LogP contribution in [0.25, 0.3) is 54.6 Å². The van der Waals surface area contributed by atoms with E-state index in [1.54, 1.807) is 0 Å². The van der Waals surface area contributed by atoms with Gasteiger partial charge in [-0.3, -0.25) is 5.41 Å². The highest BCUT2D eigenvalue weighted by atomic mass is 14.7. The van der Waals surface area contributed by atoms with E-state index in [1.165, 1.54) is 72.1 Å². The van der Waals surface area contributed by atoms with Crippen LogP contribution in [-0.4, -0.2) is 12.1 Å². The highest BCUT2D eigenvalue weighted by Gasteiger charge is 2.46. The molecule has 0 saturated carbocycles. The lowest BCUT2D eigenvalue weighted by Gasteiger charge is -2.34. The first-order chi connectivity index (χ1) is 30.0. The molecule has 61 heavy (non-hydrogen) atoms. The predicted octanol–water partition coefficient (Wildman–Crippen LogP) is 14.1. The topological polar surface area (TPSA) is 73.7 Å². The van der Waals surface area contributed by atoms with Gasteiger partial charge in [-0.05, 0) is 83.7 Å². The van der Waals surface area contributed by atoms with E-state index in [0.29, 0.717) is 0 Å². The van der Waals surface area contributed by atoms with Gasteiger partial charge in [0, 0.05) is 17.3 Å². The van der Waals surface area contributed by atoms with Crippen LogP contribution in [0.3, 0.4) is 0 Å². The van der Waals surface area contributed by atoms with Gasteiger partial charge in [0.05, 0.1) is 5.41 Å². The van der Waals surface area contributed by atoms with Crippen LogP contribution in [0.1, 0.15) is 38.9 Å². The van der Waals surface area contributed by atoms with Gasteiger partial charge in [-0.2, -0.15) is 0 Å². The maximum atomic E-state index is 8.52. The van der Waals surface area contributed by atoms with Gasteiger partial charge in [-0.1, -0.05) is 230 Å². The van der Waals surface area contributed by atoms with Crippen molar-refractivity contribution in [2.24, 2.45) is 5.73 Å². The molecular formula is C58H45N3. The number of rotatable bonds is 5. The second-order valence-corrected chi connectivity index (χ2v) is 15.4. The van der Waals surface area contributed by atoms with Gasteiger partial charge in [0.25, 0.3) is 0 Å². The molecule has 0 heterocycles. The highest BCUT2D eigenvalue weighted by Crippen LogP contribution is 2.58. The summed E-state index contributed by atoms with van der Waals surface area (Å²) >= 11 is 0. The summed E-state index contributed by atoms with van der Waals surface area (Å²) < 4.78 is 0. The SMILES string of the molecule is Cc1ccccc1.N=C(N)c1ccccc1.N=Cc1c(-c2ccc(C3(c4ccccc4)c4ccccc4-c4c3ccc3ccccc43)cc2)c2ccccc2c2ccccc12. The van der Waals surface area contributed by atoms with Crippen LogP contribution in [0.2, 0.25) is 0 Å². The average molecular weight is 784 g/mol. The Balaban J connectivity index is 0.000000249. The van der Waals surface area contributed by atoms with Gasteiger partial charge in [0.2, 0.25) is 0 Å². The van der Waals surface area contributed by atoms with Crippen molar-refractivity contribution in [2.75, 3.05) is 0 Å². The maximum Gasteiger partial charge on any atom is 0.122 e. The summed E-state index contributed by atoms with van der Waals surface area (Å²) in [4.78, 5) is 0. The zero-order valence-electron chi connectivity index (χ0n) is 34.0. The molecule has 1 aliphatic rings. The van der Waals surface area contributed by atoms with Crippen molar-refractivity contribution in [3.05, 3.63) is 263 Å². The van der Waals surface area contributed by atoms with Gasteiger partial charge in [-0.15, -0.1) is 0 Å². The van der Waals surface area contributed by atoms with Gasteiger partial charge >= 0.3 is 0 Å². The van der Waals surface area contributed by atoms with Crippen molar-refractivity contribution >= 4 is 44.4 Å². The smallest absolute Gasteiger partial charge is 0.122 e. The van der Waals surface area contributed by atoms with E-state index in [9.17, 15) is 0 Å². The van der Waals surface area contributed by atoms with E-state index in [4.69, 9.17) is 16.6 Å². The second kappa shape index (κ2) is 16.8. The molecule has 0 amide bonds. The van der Waals surface area contributed by atoms with Crippen LogP contribution in [0.4, 0.5) is 0 Å². The van der Waals surface area contributed by atoms with Gasteiger partial charge in [-0.25, -0.2) is 0 Å². The zero-order chi connectivity index (χ0) is 41.8. The monoisotopic (exact) mass is 783 g/mol. The van der Waals surface area contributed by atoms with Crippen LogP contribution < -0.4 is 5.73 Å². The quantitative estimate of drug-likeness (QED) is 0.0908. The first-order valence-electron chi connectivity index (χ1n) is 20.6. The molecule has 3 heteroatoms. The summed E-state index contributed by atoms with van der Waals surface area (Å²) in [5.41, 5.74) is 17.8. The number of nitrogens with two attached hydrogens (primary N) is 1. The summed E-state index contributed by atoms with van der Waals surface area (Å²) in [6.07, 6.45) is 1.53. The maximum absolute atomic E-state index is 8.52. The van der Waals surface area contributed by atoms with Crippen molar-refractivity contribution in [2.45, 2.75) is 12.3 Å².